The molecule has 0 saturated carbocycles. The zero-order valence-corrected chi connectivity index (χ0v) is 16.6. The van der Waals surface area contributed by atoms with Crippen LogP contribution in [0.15, 0.2) is 36.5 Å². The van der Waals surface area contributed by atoms with Crippen LogP contribution in [-0.4, -0.2) is 29.9 Å². The van der Waals surface area contributed by atoms with Crippen LogP contribution in [0.25, 0.3) is 0 Å². The largest absolute Gasteiger partial charge is 0.439 e. The fourth-order valence-electron chi connectivity index (χ4n) is 3.25. The summed E-state index contributed by atoms with van der Waals surface area (Å²) in [6, 6.07) is 9.38. The van der Waals surface area contributed by atoms with Crippen LogP contribution in [0.3, 0.4) is 0 Å². The van der Waals surface area contributed by atoms with Gasteiger partial charge in [0, 0.05) is 18.7 Å². The first-order chi connectivity index (χ1) is 13.4. The summed E-state index contributed by atoms with van der Waals surface area (Å²) >= 11 is 0. The van der Waals surface area contributed by atoms with Gasteiger partial charge in [0.05, 0.1) is 24.6 Å². The number of anilines is 1. The molecule has 0 radical (unpaired) electrons. The molecule has 1 aliphatic rings. The molecule has 0 bridgehead atoms. The van der Waals surface area contributed by atoms with Crippen molar-refractivity contribution in [1.29, 1.82) is 0 Å². The molecule has 2 amide bonds. The number of nitrogens with one attached hydrogen (secondary N) is 1. The van der Waals surface area contributed by atoms with Crippen LogP contribution in [0.1, 0.15) is 44.4 Å². The van der Waals surface area contributed by atoms with Gasteiger partial charge >= 0.3 is 0 Å². The Balaban J connectivity index is 1.77. The first-order valence-corrected chi connectivity index (χ1v) is 9.24. The molecule has 0 saturated heterocycles. The number of nitrogens with zero attached hydrogens (tertiary/aromatic N) is 2. The van der Waals surface area contributed by atoms with E-state index in [1.165, 1.54) is 4.90 Å². The summed E-state index contributed by atoms with van der Waals surface area (Å²) in [5.74, 6) is 0.923. The predicted octanol–water partition coefficient (Wildman–Crippen LogP) is 3.34. The van der Waals surface area contributed by atoms with Gasteiger partial charge in [-0.3, -0.25) is 9.59 Å². The number of amides is 2. The number of likely N-dealkylation sites (N-methyl/N-ethyl adjacent to an activating group) is 1. The predicted molar refractivity (Wildman–Crippen MR) is 105 cm³/mol. The van der Waals surface area contributed by atoms with Crippen molar-refractivity contribution in [2.75, 3.05) is 11.9 Å². The van der Waals surface area contributed by atoms with Gasteiger partial charge in [-0.2, -0.15) is 0 Å². The Bertz CT molecular complexity index is 864. The Morgan fingerprint density at radius 1 is 1.39 bits per heavy atom. The van der Waals surface area contributed by atoms with Gasteiger partial charge in [-0.1, -0.05) is 19.1 Å². The van der Waals surface area contributed by atoms with Gasteiger partial charge in [0.2, 0.25) is 12.3 Å². The lowest BCUT2D eigenvalue weighted by molar-refractivity contribution is -0.126. The second-order valence-electron chi connectivity index (χ2n) is 7.24. The fraction of sp³-hybridized carbons (Fsp3) is 0.381. The maximum atomic E-state index is 12.6. The normalized spacial score (nSPS) is 15.6. The summed E-state index contributed by atoms with van der Waals surface area (Å²) in [6.45, 7) is 5.97. The molecule has 1 aromatic carbocycles. The number of hydrogen-bond acceptors (Lipinski definition) is 5. The highest BCUT2D eigenvalue weighted by molar-refractivity contribution is 6.00. The minimum Gasteiger partial charge on any atom is -0.439 e. The van der Waals surface area contributed by atoms with E-state index in [1.54, 1.807) is 39.2 Å². The minimum absolute atomic E-state index is 0.0294. The second-order valence-corrected chi connectivity index (χ2v) is 7.24. The van der Waals surface area contributed by atoms with Crippen LogP contribution in [0, 0.1) is 0 Å². The van der Waals surface area contributed by atoms with E-state index in [0.29, 0.717) is 24.6 Å². The van der Waals surface area contributed by atoms with Crippen molar-refractivity contribution < 1.29 is 19.1 Å². The Morgan fingerprint density at radius 3 is 2.82 bits per heavy atom. The fourth-order valence-corrected chi connectivity index (χ4v) is 3.25. The molecular weight excluding hydrogens is 358 g/mol. The number of carbonyl (C=O) groups excluding carboxylic acids is 2. The van der Waals surface area contributed by atoms with Gasteiger partial charge in [0.15, 0.2) is 0 Å². The van der Waals surface area contributed by atoms with E-state index in [-0.39, 0.29) is 12.0 Å². The monoisotopic (exact) mass is 383 g/mol. The number of fused-ring (bicyclic) bond motifs is 1. The highest BCUT2D eigenvalue weighted by atomic mass is 16.5. The molecule has 2 aromatic rings. The highest BCUT2D eigenvalue weighted by Crippen LogP contribution is 2.40. The molecule has 148 valence electrons. The van der Waals surface area contributed by atoms with Crippen molar-refractivity contribution in [3.63, 3.8) is 0 Å². The number of carbonyl (C=O) groups is 2. The molecule has 2 heterocycles. The van der Waals surface area contributed by atoms with Gasteiger partial charge in [-0.25, -0.2) is 4.98 Å². The number of ether oxygens (including phenoxy) is 2. The van der Waals surface area contributed by atoms with Crippen LogP contribution in [-0.2, 0) is 20.9 Å². The quantitative estimate of drug-likeness (QED) is 0.742. The zero-order valence-electron chi connectivity index (χ0n) is 16.6. The van der Waals surface area contributed by atoms with Crippen molar-refractivity contribution >= 4 is 18.0 Å². The molecule has 0 aliphatic carbocycles. The third kappa shape index (κ3) is 3.84. The Labute approximate surface area is 164 Å². The van der Waals surface area contributed by atoms with E-state index in [4.69, 9.17) is 9.47 Å². The molecule has 1 N–H and O–H groups in total. The van der Waals surface area contributed by atoms with E-state index >= 15 is 0 Å². The van der Waals surface area contributed by atoms with E-state index in [0.717, 1.165) is 23.3 Å². The minimum atomic E-state index is -1.01. The van der Waals surface area contributed by atoms with Gasteiger partial charge in [-0.15, -0.1) is 0 Å². The van der Waals surface area contributed by atoms with Crippen LogP contribution >= 0.6 is 0 Å². The van der Waals surface area contributed by atoms with Crippen molar-refractivity contribution in [3.8, 4) is 11.6 Å². The standard InChI is InChI=1S/C21H25N3O4/c1-5-16-19-14(12-27-16)7-6-8-17(19)28-18-10-9-15(11-22-18)24(4)20(26)21(2,3)23-13-25/h6-11,13,16H,5,12H2,1-4H3,(H,23,25). The van der Waals surface area contributed by atoms with Crippen molar-refractivity contribution in [1.82, 2.24) is 10.3 Å². The number of benzene rings is 1. The average Bonchev–Trinajstić information content (AvgIpc) is 3.11. The number of hydrogen-bond donors (Lipinski definition) is 1. The SMILES string of the molecule is CCC1OCc2cccc(Oc3ccc(N(C)C(=O)C(C)(C)NC=O)cn3)c21. The summed E-state index contributed by atoms with van der Waals surface area (Å²) in [7, 11) is 1.64. The van der Waals surface area contributed by atoms with Gasteiger partial charge in [-0.05, 0) is 38.0 Å². The van der Waals surface area contributed by atoms with E-state index in [9.17, 15) is 9.59 Å². The molecular formula is C21H25N3O4. The number of pyridine rings is 1. The number of aromatic nitrogens is 1. The maximum absolute atomic E-state index is 12.6. The first kappa shape index (κ1) is 19.8. The smallest absolute Gasteiger partial charge is 0.251 e. The second kappa shape index (κ2) is 7.98. The third-order valence-electron chi connectivity index (χ3n) is 4.87. The van der Waals surface area contributed by atoms with Crippen LogP contribution in [0.5, 0.6) is 11.6 Å². The Morgan fingerprint density at radius 2 is 2.18 bits per heavy atom. The zero-order chi connectivity index (χ0) is 20.3. The van der Waals surface area contributed by atoms with E-state index in [1.807, 2.05) is 18.2 Å². The van der Waals surface area contributed by atoms with Gasteiger partial charge in [0.25, 0.3) is 5.91 Å². The molecule has 1 unspecified atom stereocenters. The lowest BCUT2D eigenvalue weighted by atomic mass is 10.0. The van der Waals surface area contributed by atoms with Crippen molar-refractivity contribution in [2.24, 2.45) is 0 Å². The van der Waals surface area contributed by atoms with Gasteiger partial charge < -0.3 is 19.7 Å². The summed E-state index contributed by atoms with van der Waals surface area (Å²) in [5, 5.41) is 2.52. The molecule has 1 aliphatic heterocycles. The lowest BCUT2D eigenvalue weighted by Crippen LogP contribution is -2.52. The lowest BCUT2D eigenvalue weighted by Gasteiger charge is -2.28. The summed E-state index contributed by atoms with van der Waals surface area (Å²) in [5.41, 5.74) is 1.80. The number of rotatable bonds is 7. The van der Waals surface area contributed by atoms with E-state index in [2.05, 4.69) is 17.2 Å². The summed E-state index contributed by atoms with van der Waals surface area (Å²) < 4.78 is 11.8. The average molecular weight is 383 g/mol. The molecule has 28 heavy (non-hydrogen) atoms. The topological polar surface area (TPSA) is 80.8 Å². The maximum Gasteiger partial charge on any atom is 0.251 e. The molecule has 0 fully saturated rings. The molecule has 1 aromatic heterocycles. The van der Waals surface area contributed by atoms with Gasteiger partial charge in [0.1, 0.15) is 11.3 Å². The summed E-state index contributed by atoms with van der Waals surface area (Å²) in [6.07, 6.45) is 2.99. The Kier molecular flexibility index (Phi) is 5.65. The highest BCUT2D eigenvalue weighted by Gasteiger charge is 2.30. The summed E-state index contributed by atoms with van der Waals surface area (Å²) in [4.78, 5) is 29.1. The molecule has 1 atom stereocenters. The van der Waals surface area contributed by atoms with Crippen molar-refractivity contribution in [3.05, 3.63) is 47.7 Å². The molecule has 7 heteroatoms. The van der Waals surface area contributed by atoms with E-state index < -0.39 is 5.54 Å². The van der Waals surface area contributed by atoms with Crippen LogP contribution < -0.4 is 15.0 Å². The van der Waals surface area contributed by atoms with Crippen molar-refractivity contribution in [2.45, 2.75) is 45.4 Å². The third-order valence-corrected chi connectivity index (χ3v) is 4.87. The Hall–Kier alpha value is -2.93. The van der Waals surface area contributed by atoms with Crippen LogP contribution in [0.2, 0.25) is 0 Å². The molecule has 0 spiro atoms. The molecule has 7 nitrogen and oxygen atoms in total. The van der Waals surface area contributed by atoms with Crippen LogP contribution in [0.4, 0.5) is 5.69 Å². The molecule has 3 rings (SSSR count). The first-order valence-electron chi connectivity index (χ1n) is 9.24.